The number of hydrogen-bond donors (Lipinski definition) is 1. The molecule has 0 unspecified atom stereocenters. The van der Waals surface area contributed by atoms with Gasteiger partial charge in [0.05, 0.1) is 0 Å². The van der Waals surface area contributed by atoms with Crippen LogP contribution in [0.2, 0.25) is 0 Å². The third kappa shape index (κ3) is 4.72. The fourth-order valence-corrected chi connectivity index (χ4v) is 3.48. The second-order valence-corrected chi connectivity index (χ2v) is 7.08. The van der Waals surface area contributed by atoms with E-state index in [4.69, 9.17) is 0 Å². The van der Waals surface area contributed by atoms with E-state index in [9.17, 15) is 14.0 Å². The van der Waals surface area contributed by atoms with E-state index in [1.54, 1.807) is 31.0 Å². The smallest absolute Gasteiger partial charge is 0.255 e. The van der Waals surface area contributed by atoms with Gasteiger partial charge in [0.25, 0.3) is 5.56 Å². The molecule has 1 fully saturated rings. The zero-order chi connectivity index (χ0) is 19.4. The van der Waals surface area contributed by atoms with E-state index >= 15 is 0 Å². The molecule has 0 saturated heterocycles. The minimum absolute atomic E-state index is 0.100. The van der Waals surface area contributed by atoms with Crippen LogP contribution in [0.1, 0.15) is 37.8 Å². The molecule has 0 aliphatic heterocycles. The number of nitrogens with one attached hydrogen (secondary N) is 1. The van der Waals surface area contributed by atoms with E-state index in [2.05, 4.69) is 10.3 Å². The normalized spacial score (nSPS) is 14.8. The Morgan fingerprint density at radius 1 is 1.30 bits per heavy atom. The van der Waals surface area contributed by atoms with E-state index < -0.39 is 5.82 Å². The number of carbonyl (C=O) groups excluding carboxylic acids is 1. The predicted octanol–water partition coefficient (Wildman–Crippen LogP) is 3.23. The summed E-state index contributed by atoms with van der Waals surface area (Å²) in [7, 11) is 1.80. The van der Waals surface area contributed by atoms with Gasteiger partial charge in [0.15, 0.2) is 0 Å². The summed E-state index contributed by atoms with van der Waals surface area (Å²) in [5, 5.41) is 2.96. The minimum atomic E-state index is -0.394. The molecule has 0 atom stereocenters. The lowest BCUT2D eigenvalue weighted by Gasteiger charge is -2.31. The number of aromatic nitrogens is 2. The molecular formula is C20H25FN4O2. The van der Waals surface area contributed by atoms with Gasteiger partial charge in [-0.05, 0) is 38.0 Å². The molecule has 0 bridgehead atoms. The van der Waals surface area contributed by atoms with Gasteiger partial charge >= 0.3 is 0 Å². The van der Waals surface area contributed by atoms with Crippen LogP contribution in [-0.4, -0.2) is 33.4 Å². The molecule has 7 heteroatoms. The molecule has 1 aromatic carbocycles. The molecule has 1 saturated carbocycles. The number of nitrogens with zero attached hydrogens (tertiary/aromatic N) is 3. The largest absolute Gasteiger partial charge is 0.341 e. The number of halogens is 1. The first-order chi connectivity index (χ1) is 12.9. The Hall–Kier alpha value is -2.70. The number of benzene rings is 1. The van der Waals surface area contributed by atoms with Gasteiger partial charge in [0, 0.05) is 30.5 Å². The molecule has 2 aromatic rings. The van der Waals surface area contributed by atoms with E-state index in [1.807, 2.05) is 0 Å². The van der Waals surface area contributed by atoms with Gasteiger partial charge in [0.1, 0.15) is 12.4 Å². The lowest BCUT2D eigenvalue weighted by molar-refractivity contribution is -0.133. The number of aryl methyl sites for hydroxylation is 1. The van der Waals surface area contributed by atoms with Crippen LogP contribution in [0.4, 0.5) is 16.0 Å². The van der Waals surface area contributed by atoms with E-state index in [1.165, 1.54) is 29.2 Å². The third-order valence-corrected chi connectivity index (χ3v) is 5.03. The molecule has 6 nitrogen and oxygen atoms in total. The second-order valence-electron chi connectivity index (χ2n) is 7.08. The van der Waals surface area contributed by atoms with Crippen molar-refractivity contribution in [3.63, 3.8) is 0 Å². The summed E-state index contributed by atoms with van der Waals surface area (Å²) in [6.45, 7) is 1.61. The predicted molar refractivity (Wildman–Crippen MR) is 103 cm³/mol. The molecule has 1 aromatic heterocycles. The lowest BCUT2D eigenvalue weighted by atomic mass is 9.94. The lowest BCUT2D eigenvalue weighted by Crippen LogP contribution is -2.41. The Morgan fingerprint density at radius 3 is 2.74 bits per heavy atom. The number of hydrogen-bond acceptors (Lipinski definition) is 4. The molecule has 144 valence electrons. The van der Waals surface area contributed by atoms with E-state index in [0.29, 0.717) is 11.4 Å². The van der Waals surface area contributed by atoms with E-state index in [0.717, 1.165) is 25.7 Å². The molecule has 1 aliphatic carbocycles. The van der Waals surface area contributed by atoms with Gasteiger partial charge in [0.2, 0.25) is 11.9 Å². The highest BCUT2D eigenvalue weighted by molar-refractivity contribution is 5.76. The molecule has 1 amide bonds. The monoisotopic (exact) mass is 372 g/mol. The maximum atomic E-state index is 13.5. The molecule has 0 radical (unpaired) electrons. The van der Waals surface area contributed by atoms with Gasteiger partial charge < -0.3 is 10.2 Å². The highest BCUT2D eigenvalue weighted by Crippen LogP contribution is 2.22. The van der Waals surface area contributed by atoms with Crippen molar-refractivity contribution >= 4 is 17.5 Å². The second kappa shape index (κ2) is 8.33. The molecule has 1 N–H and O–H groups in total. The van der Waals surface area contributed by atoms with Crippen LogP contribution >= 0.6 is 0 Å². The Kier molecular flexibility index (Phi) is 5.88. The van der Waals surface area contributed by atoms with Gasteiger partial charge in [-0.2, -0.15) is 0 Å². The fraction of sp³-hybridized carbons (Fsp3) is 0.450. The van der Waals surface area contributed by atoms with Crippen LogP contribution in [0.3, 0.4) is 0 Å². The van der Waals surface area contributed by atoms with Crippen LogP contribution in [0, 0.1) is 12.7 Å². The Morgan fingerprint density at radius 2 is 2.04 bits per heavy atom. The zero-order valence-electron chi connectivity index (χ0n) is 15.7. The van der Waals surface area contributed by atoms with Crippen molar-refractivity contribution in [2.45, 2.75) is 51.6 Å². The first-order valence-electron chi connectivity index (χ1n) is 9.31. The number of likely N-dealkylation sites (N-methyl/N-ethyl adjacent to an activating group) is 1. The van der Waals surface area contributed by atoms with Crippen molar-refractivity contribution < 1.29 is 9.18 Å². The Labute approximate surface area is 158 Å². The average molecular weight is 372 g/mol. The topological polar surface area (TPSA) is 67.2 Å². The molecule has 27 heavy (non-hydrogen) atoms. The summed E-state index contributed by atoms with van der Waals surface area (Å²) < 4.78 is 14.8. The molecule has 1 aliphatic rings. The SMILES string of the molecule is Cc1cc(=O)n(CC(=O)N(C)C2CCCCC2)c(Nc2cccc(F)c2)n1. The summed E-state index contributed by atoms with van der Waals surface area (Å²) in [6, 6.07) is 7.51. The molecule has 0 spiro atoms. The van der Waals surface area contributed by atoms with Crippen LogP contribution in [0.25, 0.3) is 0 Å². The van der Waals surface area contributed by atoms with E-state index in [-0.39, 0.29) is 30.0 Å². The Balaban J connectivity index is 1.83. The quantitative estimate of drug-likeness (QED) is 0.875. The van der Waals surface area contributed by atoms with Crippen LogP contribution in [0.5, 0.6) is 0 Å². The van der Waals surface area contributed by atoms with Crippen molar-refractivity contribution in [2.75, 3.05) is 12.4 Å². The number of amides is 1. The van der Waals surface area contributed by atoms with Crippen LogP contribution in [0.15, 0.2) is 35.1 Å². The number of rotatable bonds is 5. The van der Waals surface area contributed by atoms with Gasteiger partial charge in [-0.1, -0.05) is 25.3 Å². The van der Waals surface area contributed by atoms with Gasteiger partial charge in [-0.15, -0.1) is 0 Å². The van der Waals surface area contributed by atoms with Crippen LogP contribution in [-0.2, 0) is 11.3 Å². The van der Waals surface area contributed by atoms with Crippen molar-refractivity contribution in [2.24, 2.45) is 0 Å². The molecule has 1 heterocycles. The summed E-state index contributed by atoms with van der Waals surface area (Å²) in [4.78, 5) is 31.3. The maximum absolute atomic E-state index is 13.5. The minimum Gasteiger partial charge on any atom is -0.341 e. The summed E-state index contributed by atoms with van der Waals surface area (Å²) in [6.07, 6.45) is 5.46. The standard InChI is InChI=1S/C20H25FN4O2/c1-14-11-18(26)25(13-19(27)24(2)17-9-4-3-5-10-17)20(22-14)23-16-8-6-7-15(21)12-16/h6-8,11-12,17H,3-5,9-10,13H2,1-2H3,(H,22,23). The average Bonchev–Trinajstić information content (AvgIpc) is 2.64. The first kappa shape index (κ1) is 19.1. The summed E-state index contributed by atoms with van der Waals surface area (Å²) in [5.74, 6) is -0.289. The fourth-order valence-electron chi connectivity index (χ4n) is 3.48. The maximum Gasteiger partial charge on any atom is 0.255 e. The van der Waals surface area contributed by atoms with Crippen LogP contribution < -0.4 is 10.9 Å². The molecule has 3 rings (SSSR count). The van der Waals surface area contributed by atoms with Gasteiger partial charge in [-0.25, -0.2) is 9.37 Å². The number of anilines is 2. The highest BCUT2D eigenvalue weighted by atomic mass is 19.1. The van der Waals surface area contributed by atoms with Crippen molar-refractivity contribution in [1.82, 2.24) is 14.5 Å². The van der Waals surface area contributed by atoms with Gasteiger partial charge in [-0.3, -0.25) is 14.2 Å². The third-order valence-electron chi connectivity index (χ3n) is 5.03. The first-order valence-corrected chi connectivity index (χ1v) is 9.31. The van der Waals surface area contributed by atoms with Crippen molar-refractivity contribution in [3.05, 3.63) is 52.2 Å². The summed E-state index contributed by atoms with van der Waals surface area (Å²) >= 11 is 0. The zero-order valence-corrected chi connectivity index (χ0v) is 15.7. The molecular weight excluding hydrogens is 347 g/mol. The summed E-state index contributed by atoms with van der Waals surface area (Å²) in [5.41, 5.74) is 0.685. The van der Waals surface area contributed by atoms with Crippen molar-refractivity contribution in [1.29, 1.82) is 0 Å². The Bertz CT molecular complexity index is 875. The highest BCUT2D eigenvalue weighted by Gasteiger charge is 2.23. The van der Waals surface area contributed by atoms with Crippen molar-refractivity contribution in [3.8, 4) is 0 Å². The number of carbonyl (C=O) groups is 1.